The first-order valence-corrected chi connectivity index (χ1v) is 2.80. The molecule has 0 saturated carbocycles. The Hall–Kier alpha value is -0.100. The lowest BCUT2D eigenvalue weighted by atomic mass is 10.4. The van der Waals surface area contributed by atoms with Crippen LogP contribution in [0.5, 0.6) is 0 Å². The molecule has 0 atom stereocenters. The molecular formula is C6H12INO2. The SMILES string of the molecule is C=C(C)C(=O)OCC[NH3+].[I-]. The second kappa shape index (κ2) is 7.01. The topological polar surface area (TPSA) is 53.9 Å². The minimum atomic E-state index is -0.335. The van der Waals surface area contributed by atoms with E-state index in [9.17, 15) is 4.79 Å². The van der Waals surface area contributed by atoms with Gasteiger partial charge in [0.15, 0.2) is 0 Å². The number of carbonyl (C=O) groups excluding carboxylic acids is 1. The van der Waals surface area contributed by atoms with Crippen molar-refractivity contribution in [2.75, 3.05) is 13.2 Å². The van der Waals surface area contributed by atoms with Crippen molar-refractivity contribution in [2.45, 2.75) is 6.92 Å². The molecule has 0 amide bonds. The van der Waals surface area contributed by atoms with Crippen molar-refractivity contribution in [3.05, 3.63) is 12.2 Å². The highest BCUT2D eigenvalue weighted by atomic mass is 127. The summed E-state index contributed by atoms with van der Waals surface area (Å²) >= 11 is 0. The molecule has 0 heterocycles. The van der Waals surface area contributed by atoms with E-state index in [1.165, 1.54) is 0 Å². The number of quaternary nitrogens is 1. The molecule has 0 bridgehead atoms. The summed E-state index contributed by atoms with van der Waals surface area (Å²) < 4.78 is 4.65. The van der Waals surface area contributed by atoms with Gasteiger partial charge in [-0.1, -0.05) is 6.58 Å². The Bertz CT molecular complexity index is 125. The van der Waals surface area contributed by atoms with Crippen molar-refractivity contribution in [1.82, 2.24) is 0 Å². The zero-order valence-electron chi connectivity index (χ0n) is 6.02. The van der Waals surface area contributed by atoms with Crippen molar-refractivity contribution < 1.29 is 39.2 Å². The average Bonchev–Trinajstić information content (AvgIpc) is 1.82. The van der Waals surface area contributed by atoms with Gasteiger partial charge < -0.3 is 34.4 Å². The number of hydrogen-bond donors (Lipinski definition) is 1. The summed E-state index contributed by atoms with van der Waals surface area (Å²) in [7, 11) is 0. The number of carbonyl (C=O) groups is 1. The molecule has 0 saturated heterocycles. The normalized spacial score (nSPS) is 7.80. The Morgan fingerprint density at radius 2 is 2.20 bits per heavy atom. The Morgan fingerprint density at radius 3 is 2.50 bits per heavy atom. The monoisotopic (exact) mass is 257 g/mol. The largest absolute Gasteiger partial charge is 1.00 e. The van der Waals surface area contributed by atoms with Crippen molar-refractivity contribution in [3.8, 4) is 0 Å². The predicted molar refractivity (Wildman–Crippen MR) is 33.5 cm³/mol. The molecule has 0 aromatic heterocycles. The van der Waals surface area contributed by atoms with E-state index in [4.69, 9.17) is 0 Å². The van der Waals surface area contributed by atoms with E-state index in [0.29, 0.717) is 18.7 Å². The predicted octanol–water partition coefficient (Wildman–Crippen LogP) is -3.65. The summed E-state index contributed by atoms with van der Waals surface area (Å²) in [4.78, 5) is 10.6. The smallest absolute Gasteiger partial charge is 0.333 e. The molecule has 0 aliphatic carbocycles. The van der Waals surface area contributed by atoms with E-state index < -0.39 is 0 Å². The van der Waals surface area contributed by atoms with Crippen LogP contribution in [0, 0.1) is 0 Å². The quantitative estimate of drug-likeness (QED) is 0.322. The first kappa shape index (κ1) is 12.6. The lowest BCUT2D eigenvalue weighted by molar-refractivity contribution is -0.372. The number of halogens is 1. The van der Waals surface area contributed by atoms with Gasteiger partial charge in [-0.15, -0.1) is 0 Å². The average molecular weight is 257 g/mol. The highest BCUT2D eigenvalue weighted by Gasteiger charge is 2.00. The van der Waals surface area contributed by atoms with Crippen LogP contribution < -0.4 is 29.7 Å². The van der Waals surface area contributed by atoms with Crippen LogP contribution in [-0.4, -0.2) is 19.1 Å². The molecule has 4 heteroatoms. The molecule has 0 rings (SSSR count). The van der Waals surface area contributed by atoms with Gasteiger partial charge >= 0.3 is 5.97 Å². The van der Waals surface area contributed by atoms with E-state index in [2.05, 4.69) is 17.0 Å². The highest BCUT2D eigenvalue weighted by Crippen LogP contribution is 1.89. The molecule has 0 aliphatic heterocycles. The van der Waals surface area contributed by atoms with Crippen LogP contribution in [0.3, 0.4) is 0 Å². The van der Waals surface area contributed by atoms with Gasteiger partial charge in [0.1, 0.15) is 13.2 Å². The second-order valence-electron chi connectivity index (χ2n) is 1.77. The molecule has 0 aromatic carbocycles. The zero-order chi connectivity index (χ0) is 7.28. The maximum atomic E-state index is 10.6. The van der Waals surface area contributed by atoms with E-state index in [0.717, 1.165) is 0 Å². The number of esters is 1. The van der Waals surface area contributed by atoms with Gasteiger partial charge in [0.05, 0.1) is 0 Å². The molecule has 0 aliphatic rings. The first-order valence-electron chi connectivity index (χ1n) is 2.80. The summed E-state index contributed by atoms with van der Waals surface area (Å²) in [6.07, 6.45) is 0. The minimum Gasteiger partial charge on any atom is -1.00 e. The molecule has 0 spiro atoms. The molecule has 10 heavy (non-hydrogen) atoms. The third-order valence-corrected chi connectivity index (χ3v) is 0.726. The number of hydrogen-bond acceptors (Lipinski definition) is 2. The molecular weight excluding hydrogens is 245 g/mol. The summed E-state index contributed by atoms with van der Waals surface area (Å²) in [5.74, 6) is -0.335. The van der Waals surface area contributed by atoms with Gasteiger partial charge in [0, 0.05) is 5.57 Å². The summed E-state index contributed by atoms with van der Waals surface area (Å²) in [5, 5.41) is 0. The fourth-order valence-corrected chi connectivity index (χ4v) is 0.288. The van der Waals surface area contributed by atoms with Gasteiger partial charge in [-0.2, -0.15) is 0 Å². The zero-order valence-corrected chi connectivity index (χ0v) is 8.18. The number of rotatable bonds is 3. The number of ether oxygens (including phenoxy) is 1. The molecule has 0 fully saturated rings. The second-order valence-corrected chi connectivity index (χ2v) is 1.77. The molecule has 60 valence electrons. The standard InChI is InChI=1S/C6H11NO2.HI/c1-5(2)6(8)9-4-3-7;/h1,3-4,7H2,2H3;1H. The van der Waals surface area contributed by atoms with E-state index >= 15 is 0 Å². The fraction of sp³-hybridized carbons (Fsp3) is 0.500. The van der Waals surface area contributed by atoms with E-state index in [-0.39, 0.29) is 29.9 Å². The lowest BCUT2D eigenvalue weighted by Crippen LogP contribution is -3.00. The van der Waals surface area contributed by atoms with Crippen LogP contribution in [0.2, 0.25) is 0 Å². The Labute approximate surface area is 77.6 Å². The fourth-order valence-electron chi connectivity index (χ4n) is 0.288. The van der Waals surface area contributed by atoms with Crippen molar-refractivity contribution in [3.63, 3.8) is 0 Å². The lowest BCUT2D eigenvalue weighted by Gasteiger charge is -1.98. The third-order valence-electron chi connectivity index (χ3n) is 0.726. The van der Waals surface area contributed by atoms with Gasteiger partial charge in [-0.05, 0) is 6.92 Å². The van der Waals surface area contributed by atoms with Gasteiger partial charge in [-0.25, -0.2) is 4.79 Å². The van der Waals surface area contributed by atoms with Crippen LogP contribution in [-0.2, 0) is 9.53 Å². The van der Waals surface area contributed by atoms with Crippen LogP contribution in [0.15, 0.2) is 12.2 Å². The van der Waals surface area contributed by atoms with Gasteiger partial charge in [0.25, 0.3) is 0 Å². The molecule has 0 aromatic rings. The highest BCUT2D eigenvalue weighted by molar-refractivity contribution is 5.86. The molecule has 0 radical (unpaired) electrons. The molecule has 0 unspecified atom stereocenters. The van der Waals surface area contributed by atoms with Crippen LogP contribution in [0.25, 0.3) is 0 Å². The molecule has 3 nitrogen and oxygen atoms in total. The summed E-state index contributed by atoms with van der Waals surface area (Å²) in [5.41, 5.74) is 3.94. The molecule has 3 N–H and O–H groups in total. The van der Waals surface area contributed by atoms with Gasteiger partial charge in [-0.3, -0.25) is 0 Å². The van der Waals surface area contributed by atoms with Crippen LogP contribution in [0.1, 0.15) is 6.92 Å². The van der Waals surface area contributed by atoms with Gasteiger partial charge in [0.2, 0.25) is 0 Å². The van der Waals surface area contributed by atoms with Crippen molar-refractivity contribution in [2.24, 2.45) is 0 Å². The summed E-state index contributed by atoms with van der Waals surface area (Å²) in [6, 6.07) is 0. The Balaban J connectivity index is 0. The maximum Gasteiger partial charge on any atom is 0.333 e. The van der Waals surface area contributed by atoms with Crippen molar-refractivity contribution >= 4 is 5.97 Å². The first-order chi connectivity index (χ1) is 4.18. The summed E-state index contributed by atoms with van der Waals surface area (Å²) in [6.45, 7) is 6.02. The maximum absolute atomic E-state index is 10.6. The van der Waals surface area contributed by atoms with E-state index in [1.54, 1.807) is 6.92 Å². The minimum absolute atomic E-state index is 0. The van der Waals surface area contributed by atoms with Crippen LogP contribution in [0.4, 0.5) is 0 Å². The van der Waals surface area contributed by atoms with Crippen molar-refractivity contribution in [1.29, 1.82) is 0 Å². The van der Waals surface area contributed by atoms with Crippen LogP contribution >= 0.6 is 0 Å². The Morgan fingerprint density at radius 1 is 1.70 bits per heavy atom. The third kappa shape index (κ3) is 6.03. The van der Waals surface area contributed by atoms with E-state index in [1.807, 2.05) is 0 Å². The Kier molecular flexibility index (Phi) is 8.81.